The third-order valence-corrected chi connectivity index (χ3v) is 3.28. The largest absolute Gasteiger partial charge is 0.443 e. The normalized spacial score (nSPS) is 10.8. The lowest BCUT2D eigenvalue weighted by Gasteiger charge is -2.12. The number of nitrogens with zero attached hydrogens (tertiary/aromatic N) is 1. The van der Waals surface area contributed by atoms with Gasteiger partial charge in [0.15, 0.2) is 12.0 Å². The number of anilines is 3. The summed E-state index contributed by atoms with van der Waals surface area (Å²) in [4.78, 5) is 4.09. The Bertz CT molecular complexity index is 746. The molecule has 0 aliphatic rings. The minimum absolute atomic E-state index is 0.737. The number of oxazole rings is 1. The van der Waals surface area contributed by atoms with Crippen molar-refractivity contribution in [2.24, 2.45) is 0 Å². The number of nitrogens with two attached hydrogens (primary N) is 1. The molecule has 1 heterocycles. The quantitative estimate of drug-likeness (QED) is 0.682. The van der Waals surface area contributed by atoms with Crippen molar-refractivity contribution in [2.75, 3.05) is 11.1 Å². The summed E-state index contributed by atoms with van der Waals surface area (Å²) >= 11 is 0. The van der Waals surface area contributed by atoms with Gasteiger partial charge in [0.1, 0.15) is 5.52 Å². The van der Waals surface area contributed by atoms with E-state index in [4.69, 9.17) is 10.2 Å². The SMILES string of the molecule is Cc1cc(N)c(Nc2ccc3ncoc3c2)cc1C. The van der Waals surface area contributed by atoms with Crippen molar-refractivity contribution in [3.8, 4) is 0 Å². The van der Waals surface area contributed by atoms with Gasteiger partial charge in [-0.05, 0) is 49.2 Å². The van der Waals surface area contributed by atoms with Gasteiger partial charge in [-0.2, -0.15) is 0 Å². The number of nitrogen functional groups attached to an aromatic ring is 1. The zero-order chi connectivity index (χ0) is 13.4. The van der Waals surface area contributed by atoms with Gasteiger partial charge in [-0.3, -0.25) is 0 Å². The molecule has 3 aromatic rings. The Hall–Kier alpha value is -2.49. The Balaban J connectivity index is 1.98. The number of aryl methyl sites for hydroxylation is 2. The van der Waals surface area contributed by atoms with Crippen molar-refractivity contribution in [3.05, 3.63) is 47.9 Å². The Labute approximate surface area is 111 Å². The fourth-order valence-electron chi connectivity index (χ4n) is 2.04. The van der Waals surface area contributed by atoms with Gasteiger partial charge < -0.3 is 15.5 Å². The van der Waals surface area contributed by atoms with Gasteiger partial charge in [-0.1, -0.05) is 0 Å². The molecule has 0 aliphatic heterocycles. The number of nitrogens with one attached hydrogen (secondary N) is 1. The molecule has 2 aromatic carbocycles. The van der Waals surface area contributed by atoms with Gasteiger partial charge in [-0.15, -0.1) is 0 Å². The first-order valence-electron chi connectivity index (χ1n) is 6.10. The zero-order valence-electron chi connectivity index (χ0n) is 10.9. The molecule has 4 heteroatoms. The van der Waals surface area contributed by atoms with E-state index in [-0.39, 0.29) is 0 Å². The standard InChI is InChI=1S/C15H15N3O/c1-9-5-12(16)14(6-10(9)2)18-11-3-4-13-15(7-11)19-8-17-13/h3-8,18H,16H2,1-2H3. The summed E-state index contributed by atoms with van der Waals surface area (Å²) in [7, 11) is 0. The average Bonchev–Trinajstić information content (AvgIpc) is 2.83. The summed E-state index contributed by atoms with van der Waals surface area (Å²) in [6, 6.07) is 9.81. The van der Waals surface area contributed by atoms with E-state index >= 15 is 0 Å². The third-order valence-electron chi connectivity index (χ3n) is 3.28. The van der Waals surface area contributed by atoms with Gasteiger partial charge in [0.25, 0.3) is 0 Å². The molecule has 3 N–H and O–H groups in total. The van der Waals surface area contributed by atoms with Gasteiger partial charge in [0.05, 0.1) is 11.4 Å². The van der Waals surface area contributed by atoms with Crippen LogP contribution in [0.15, 0.2) is 41.1 Å². The van der Waals surface area contributed by atoms with E-state index in [1.165, 1.54) is 17.5 Å². The van der Waals surface area contributed by atoms with Gasteiger partial charge >= 0.3 is 0 Å². The molecular weight excluding hydrogens is 238 g/mol. The lowest BCUT2D eigenvalue weighted by Crippen LogP contribution is -1.98. The first kappa shape index (κ1) is 11.6. The van der Waals surface area contributed by atoms with Crippen LogP contribution in [0.1, 0.15) is 11.1 Å². The van der Waals surface area contributed by atoms with Crippen LogP contribution in [-0.4, -0.2) is 4.98 Å². The van der Waals surface area contributed by atoms with Crippen molar-refractivity contribution >= 4 is 28.2 Å². The number of hydrogen-bond acceptors (Lipinski definition) is 4. The van der Waals surface area contributed by atoms with E-state index in [0.29, 0.717) is 0 Å². The maximum absolute atomic E-state index is 6.03. The van der Waals surface area contributed by atoms with Crippen molar-refractivity contribution in [2.45, 2.75) is 13.8 Å². The number of aromatic nitrogens is 1. The zero-order valence-corrected chi connectivity index (χ0v) is 10.9. The van der Waals surface area contributed by atoms with Crippen LogP contribution in [0.5, 0.6) is 0 Å². The van der Waals surface area contributed by atoms with Crippen LogP contribution in [0.4, 0.5) is 17.1 Å². The van der Waals surface area contributed by atoms with Crippen LogP contribution >= 0.6 is 0 Å². The highest BCUT2D eigenvalue weighted by Crippen LogP contribution is 2.27. The average molecular weight is 253 g/mol. The molecule has 0 aliphatic carbocycles. The molecule has 0 unspecified atom stereocenters. The molecular formula is C15H15N3O. The highest BCUT2D eigenvalue weighted by molar-refractivity contribution is 5.81. The molecule has 96 valence electrons. The minimum atomic E-state index is 0.737. The van der Waals surface area contributed by atoms with Crippen LogP contribution < -0.4 is 11.1 Å². The maximum Gasteiger partial charge on any atom is 0.181 e. The van der Waals surface area contributed by atoms with E-state index in [0.717, 1.165) is 28.2 Å². The predicted molar refractivity (Wildman–Crippen MR) is 77.6 cm³/mol. The number of benzene rings is 2. The number of hydrogen-bond donors (Lipinski definition) is 2. The van der Waals surface area contributed by atoms with Gasteiger partial charge in [0.2, 0.25) is 0 Å². The Morgan fingerprint density at radius 2 is 1.89 bits per heavy atom. The molecule has 0 spiro atoms. The highest BCUT2D eigenvalue weighted by atomic mass is 16.3. The number of rotatable bonds is 2. The Kier molecular flexibility index (Phi) is 2.63. The van der Waals surface area contributed by atoms with Crippen LogP contribution in [0.2, 0.25) is 0 Å². The Morgan fingerprint density at radius 1 is 1.11 bits per heavy atom. The van der Waals surface area contributed by atoms with Crippen LogP contribution in [0.3, 0.4) is 0 Å². The van der Waals surface area contributed by atoms with E-state index in [9.17, 15) is 0 Å². The van der Waals surface area contributed by atoms with E-state index in [2.05, 4.69) is 30.2 Å². The molecule has 0 atom stereocenters. The van der Waals surface area contributed by atoms with E-state index < -0.39 is 0 Å². The van der Waals surface area contributed by atoms with Crippen LogP contribution in [-0.2, 0) is 0 Å². The molecule has 3 rings (SSSR count). The van der Waals surface area contributed by atoms with E-state index in [1.54, 1.807) is 0 Å². The predicted octanol–water partition coefficient (Wildman–Crippen LogP) is 3.77. The molecule has 19 heavy (non-hydrogen) atoms. The highest BCUT2D eigenvalue weighted by Gasteiger charge is 2.05. The monoisotopic (exact) mass is 253 g/mol. The van der Waals surface area contributed by atoms with E-state index in [1.807, 2.05) is 24.3 Å². The summed E-state index contributed by atoms with van der Waals surface area (Å²) in [5, 5.41) is 3.31. The minimum Gasteiger partial charge on any atom is -0.443 e. The molecule has 0 saturated heterocycles. The van der Waals surface area contributed by atoms with Crippen molar-refractivity contribution in [1.82, 2.24) is 4.98 Å². The fraction of sp³-hybridized carbons (Fsp3) is 0.133. The molecule has 4 nitrogen and oxygen atoms in total. The summed E-state index contributed by atoms with van der Waals surface area (Å²) in [5.74, 6) is 0. The summed E-state index contributed by atoms with van der Waals surface area (Å²) in [6.07, 6.45) is 1.44. The maximum atomic E-state index is 6.03. The summed E-state index contributed by atoms with van der Waals surface area (Å²) < 4.78 is 5.29. The lowest BCUT2D eigenvalue weighted by atomic mass is 10.1. The molecule has 0 radical (unpaired) electrons. The van der Waals surface area contributed by atoms with Crippen molar-refractivity contribution in [1.29, 1.82) is 0 Å². The number of fused-ring (bicyclic) bond motifs is 1. The first-order chi connectivity index (χ1) is 9.13. The van der Waals surface area contributed by atoms with Gasteiger partial charge in [0, 0.05) is 11.8 Å². The van der Waals surface area contributed by atoms with Crippen molar-refractivity contribution < 1.29 is 4.42 Å². The summed E-state index contributed by atoms with van der Waals surface area (Å²) in [5.41, 5.74) is 12.6. The first-order valence-corrected chi connectivity index (χ1v) is 6.10. The fourth-order valence-corrected chi connectivity index (χ4v) is 2.04. The smallest absolute Gasteiger partial charge is 0.181 e. The molecule has 0 fully saturated rings. The Morgan fingerprint density at radius 3 is 2.74 bits per heavy atom. The lowest BCUT2D eigenvalue weighted by molar-refractivity contribution is 0.602. The second-order valence-electron chi connectivity index (χ2n) is 4.68. The van der Waals surface area contributed by atoms with Crippen LogP contribution in [0.25, 0.3) is 11.1 Å². The third kappa shape index (κ3) is 2.12. The topological polar surface area (TPSA) is 64.1 Å². The second-order valence-corrected chi connectivity index (χ2v) is 4.68. The molecule has 1 aromatic heterocycles. The van der Waals surface area contributed by atoms with Gasteiger partial charge in [-0.25, -0.2) is 4.98 Å². The molecule has 0 bridgehead atoms. The summed E-state index contributed by atoms with van der Waals surface area (Å²) in [6.45, 7) is 4.12. The molecule has 0 saturated carbocycles. The second kappa shape index (κ2) is 4.31. The molecule has 0 amide bonds. The van der Waals surface area contributed by atoms with Crippen molar-refractivity contribution in [3.63, 3.8) is 0 Å². The van der Waals surface area contributed by atoms with Crippen LogP contribution in [0, 0.1) is 13.8 Å².